The van der Waals surface area contributed by atoms with Crippen LogP contribution in [-0.4, -0.2) is 47.2 Å². The van der Waals surface area contributed by atoms with Crippen LogP contribution < -0.4 is 5.32 Å². The summed E-state index contributed by atoms with van der Waals surface area (Å²) < 4.78 is 0. The van der Waals surface area contributed by atoms with Crippen molar-refractivity contribution in [3.05, 3.63) is 35.9 Å². The molecular weight excluding hydrogens is 206 g/mol. The largest absolute Gasteiger partial charge is 0.395 e. The van der Waals surface area contributed by atoms with Gasteiger partial charge in [-0.05, 0) is 12.0 Å². The zero-order chi connectivity index (χ0) is 11.8. The minimum Gasteiger partial charge on any atom is -0.395 e. The van der Waals surface area contributed by atoms with E-state index in [1.165, 1.54) is 0 Å². The molecule has 0 unspecified atom stereocenters. The summed E-state index contributed by atoms with van der Waals surface area (Å²) in [5.74, 6) is 0. The van der Waals surface area contributed by atoms with Crippen LogP contribution in [0.4, 0.5) is 0 Å². The van der Waals surface area contributed by atoms with Crippen molar-refractivity contribution in [3.8, 4) is 0 Å². The first-order valence-electron chi connectivity index (χ1n) is 5.43. The van der Waals surface area contributed by atoms with E-state index in [1.807, 2.05) is 30.3 Å². The third kappa shape index (κ3) is 4.72. The van der Waals surface area contributed by atoms with Gasteiger partial charge in [0.15, 0.2) is 0 Å². The summed E-state index contributed by atoms with van der Waals surface area (Å²) in [6.07, 6.45) is 0.0558. The molecule has 0 aliphatic carbocycles. The van der Waals surface area contributed by atoms with E-state index in [2.05, 4.69) is 5.32 Å². The molecule has 0 aliphatic rings. The summed E-state index contributed by atoms with van der Waals surface area (Å²) in [7, 11) is 0. The van der Waals surface area contributed by atoms with Crippen molar-refractivity contribution >= 4 is 0 Å². The van der Waals surface area contributed by atoms with Gasteiger partial charge in [-0.3, -0.25) is 0 Å². The average molecular weight is 225 g/mol. The number of rotatable bonds is 7. The number of nitrogens with one attached hydrogen (secondary N) is 1. The van der Waals surface area contributed by atoms with Crippen LogP contribution in [0.2, 0.25) is 0 Å². The molecule has 0 heterocycles. The van der Waals surface area contributed by atoms with E-state index in [0.29, 0.717) is 13.0 Å². The highest BCUT2D eigenvalue weighted by Crippen LogP contribution is 2.02. The third-order valence-electron chi connectivity index (χ3n) is 2.40. The van der Waals surface area contributed by atoms with Crippen molar-refractivity contribution in [2.24, 2.45) is 0 Å². The minimum absolute atomic E-state index is 0.130. The number of aliphatic hydroxyl groups excluding tert-OH is 3. The average Bonchev–Trinajstić information content (AvgIpc) is 2.31. The SMILES string of the molecule is OCC(CO)NC[C@@H](O)Cc1ccccc1. The first-order chi connectivity index (χ1) is 7.76. The molecule has 0 amide bonds. The second-order valence-corrected chi connectivity index (χ2v) is 3.81. The second kappa shape index (κ2) is 7.35. The molecule has 0 spiro atoms. The van der Waals surface area contributed by atoms with Crippen LogP contribution in [0.3, 0.4) is 0 Å². The topological polar surface area (TPSA) is 72.7 Å². The Morgan fingerprint density at radius 3 is 2.25 bits per heavy atom. The van der Waals surface area contributed by atoms with E-state index >= 15 is 0 Å². The van der Waals surface area contributed by atoms with Crippen LogP contribution in [0.25, 0.3) is 0 Å². The van der Waals surface area contributed by atoms with Crippen LogP contribution in [0.1, 0.15) is 5.56 Å². The standard InChI is InChI=1S/C12H19NO3/c14-8-11(9-15)13-7-12(16)6-10-4-2-1-3-5-10/h1-5,11-16H,6-9H2/t12-/m0/s1. The van der Waals surface area contributed by atoms with Crippen LogP contribution in [-0.2, 0) is 6.42 Å². The number of hydrogen-bond donors (Lipinski definition) is 4. The Morgan fingerprint density at radius 2 is 1.69 bits per heavy atom. The van der Waals surface area contributed by atoms with Gasteiger partial charge >= 0.3 is 0 Å². The van der Waals surface area contributed by atoms with Crippen molar-refractivity contribution in [1.82, 2.24) is 5.32 Å². The molecule has 4 heteroatoms. The summed E-state index contributed by atoms with van der Waals surface area (Å²) in [4.78, 5) is 0. The van der Waals surface area contributed by atoms with Gasteiger partial charge in [-0.15, -0.1) is 0 Å². The molecule has 4 nitrogen and oxygen atoms in total. The van der Waals surface area contributed by atoms with Crippen molar-refractivity contribution in [1.29, 1.82) is 0 Å². The number of hydrogen-bond acceptors (Lipinski definition) is 4. The summed E-state index contributed by atoms with van der Waals surface area (Å²) in [5.41, 5.74) is 1.07. The zero-order valence-corrected chi connectivity index (χ0v) is 9.21. The molecule has 1 atom stereocenters. The van der Waals surface area contributed by atoms with Gasteiger partial charge in [0.2, 0.25) is 0 Å². The van der Waals surface area contributed by atoms with Crippen molar-refractivity contribution in [2.75, 3.05) is 19.8 Å². The van der Waals surface area contributed by atoms with E-state index in [0.717, 1.165) is 5.56 Å². The predicted octanol–water partition coefficient (Wildman–Crippen LogP) is -0.467. The molecular formula is C12H19NO3. The first-order valence-corrected chi connectivity index (χ1v) is 5.43. The fourth-order valence-electron chi connectivity index (χ4n) is 1.45. The summed E-state index contributed by atoms with van der Waals surface area (Å²) in [6, 6.07) is 9.35. The predicted molar refractivity (Wildman–Crippen MR) is 62.1 cm³/mol. The van der Waals surface area contributed by atoms with E-state index in [-0.39, 0.29) is 19.3 Å². The quantitative estimate of drug-likeness (QED) is 0.506. The molecule has 0 saturated heterocycles. The Morgan fingerprint density at radius 1 is 1.06 bits per heavy atom. The Labute approximate surface area is 95.6 Å². The molecule has 0 bridgehead atoms. The molecule has 90 valence electrons. The van der Waals surface area contributed by atoms with Gasteiger partial charge in [0, 0.05) is 6.54 Å². The van der Waals surface area contributed by atoms with Crippen molar-refractivity contribution in [2.45, 2.75) is 18.6 Å². The zero-order valence-electron chi connectivity index (χ0n) is 9.21. The number of benzene rings is 1. The van der Waals surface area contributed by atoms with Crippen molar-refractivity contribution in [3.63, 3.8) is 0 Å². The Bertz CT molecular complexity index is 275. The van der Waals surface area contributed by atoms with E-state index in [9.17, 15) is 5.11 Å². The second-order valence-electron chi connectivity index (χ2n) is 3.81. The Kier molecular flexibility index (Phi) is 6.03. The lowest BCUT2D eigenvalue weighted by molar-refractivity contribution is 0.134. The monoisotopic (exact) mass is 225 g/mol. The van der Waals surface area contributed by atoms with Crippen LogP contribution in [0.5, 0.6) is 0 Å². The highest BCUT2D eigenvalue weighted by molar-refractivity contribution is 5.15. The van der Waals surface area contributed by atoms with E-state index < -0.39 is 6.10 Å². The molecule has 1 rings (SSSR count). The van der Waals surface area contributed by atoms with Crippen LogP contribution in [0, 0.1) is 0 Å². The smallest absolute Gasteiger partial charge is 0.0704 e. The Hall–Kier alpha value is -0.940. The lowest BCUT2D eigenvalue weighted by Gasteiger charge is -2.16. The molecule has 4 N–H and O–H groups in total. The molecule has 16 heavy (non-hydrogen) atoms. The molecule has 0 aromatic heterocycles. The number of aliphatic hydroxyl groups is 3. The molecule has 0 fully saturated rings. The fourth-order valence-corrected chi connectivity index (χ4v) is 1.45. The molecule has 0 radical (unpaired) electrons. The normalized spacial score (nSPS) is 13.0. The maximum atomic E-state index is 9.72. The summed E-state index contributed by atoms with van der Waals surface area (Å²) in [6.45, 7) is 0.101. The van der Waals surface area contributed by atoms with Gasteiger partial charge in [0.25, 0.3) is 0 Å². The van der Waals surface area contributed by atoms with Gasteiger partial charge in [-0.25, -0.2) is 0 Å². The highest BCUT2D eigenvalue weighted by Gasteiger charge is 2.09. The van der Waals surface area contributed by atoms with Gasteiger partial charge in [0.1, 0.15) is 0 Å². The third-order valence-corrected chi connectivity index (χ3v) is 2.40. The van der Waals surface area contributed by atoms with Gasteiger partial charge in [0.05, 0.1) is 25.4 Å². The lowest BCUT2D eigenvalue weighted by Crippen LogP contribution is -2.40. The molecule has 1 aromatic carbocycles. The van der Waals surface area contributed by atoms with E-state index in [4.69, 9.17) is 10.2 Å². The molecule has 0 aliphatic heterocycles. The van der Waals surface area contributed by atoms with Crippen molar-refractivity contribution < 1.29 is 15.3 Å². The van der Waals surface area contributed by atoms with Gasteiger partial charge in [-0.1, -0.05) is 30.3 Å². The maximum absolute atomic E-state index is 9.72. The lowest BCUT2D eigenvalue weighted by atomic mass is 10.1. The Balaban J connectivity index is 2.28. The molecule has 1 aromatic rings. The maximum Gasteiger partial charge on any atom is 0.0704 e. The fraction of sp³-hybridized carbons (Fsp3) is 0.500. The summed E-state index contributed by atoms with van der Waals surface area (Å²) >= 11 is 0. The minimum atomic E-state index is -0.511. The van der Waals surface area contributed by atoms with Gasteiger partial charge in [-0.2, -0.15) is 0 Å². The van der Waals surface area contributed by atoms with Crippen LogP contribution in [0.15, 0.2) is 30.3 Å². The van der Waals surface area contributed by atoms with Crippen LogP contribution >= 0.6 is 0 Å². The summed E-state index contributed by atoms with van der Waals surface area (Å²) in [5, 5.41) is 30.3. The van der Waals surface area contributed by atoms with E-state index in [1.54, 1.807) is 0 Å². The highest BCUT2D eigenvalue weighted by atomic mass is 16.3. The molecule has 0 saturated carbocycles. The van der Waals surface area contributed by atoms with Gasteiger partial charge < -0.3 is 20.6 Å². The first kappa shape index (κ1) is 13.1.